The predicted molar refractivity (Wildman–Crippen MR) is 225 cm³/mol. The van der Waals surface area contributed by atoms with Crippen LogP contribution >= 0.6 is 11.3 Å². The van der Waals surface area contributed by atoms with Crippen LogP contribution in [0.15, 0.2) is 194 Å². The molecule has 0 bridgehead atoms. The Hall–Kier alpha value is -6.68. The van der Waals surface area contributed by atoms with E-state index in [9.17, 15) is 0 Å². The second-order valence-electron chi connectivity index (χ2n) is 13.4. The van der Waals surface area contributed by atoms with E-state index in [1.807, 2.05) is 35.6 Å². The van der Waals surface area contributed by atoms with Gasteiger partial charge in [0.2, 0.25) is 0 Å². The minimum atomic E-state index is 0.711. The van der Waals surface area contributed by atoms with E-state index in [0.29, 0.717) is 5.82 Å². The number of aromatic nitrogens is 2. The highest BCUT2D eigenvalue weighted by molar-refractivity contribution is 7.25. The highest BCUT2D eigenvalue weighted by atomic mass is 32.1. The van der Waals surface area contributed by atoms with Crippen LogP contribution in [0.3, 0.4) is 0 Å². The molecule has 2 heterocycles. The fourth-order valence-corrected chi connectivity index (χ4v) is 8.43. The van der Waals surface area contributed by atoms with Crippen molar-refractivity contribution in [3.05, 3.63) is 194 Å². The van der Waals surface area contributed by atoms with Gasteiger partial charge >= 0.3 is 0 Å². The standard InChI is InChI=1S/C50H32N2S/c1-5-13-33(14-6-1)37-21-22-39-31-49-45(30-42(39)25-37)44-29-38(23-24-48(44)53-49)41-26-40(34-15-7-2-8-16-34)27-43(28-41)47-32-46(35-17-9-3-10-18-35)51-50(52-47)36-19-11-4-12-20-36/h1-32H. The summed E-state index contributed by atoms with van der Waals surface area (Å²) in [5.41, 5.74) is 12.0. The molecule has 0 saturated carbocycles. The molecule has 0 saturated heterocycles. The molecule has 0 fully saturated rings. The van der Waals surface area contributed by atoms with Gasteiger partial charge in [-0.25, -0.2) is 9.97 Å². The number of hydrogen-bond donors (Lipinski definition) is 0. The molecule has 0 atom stereocenters. The lowest BCUT2D eigenvalue weighted by molar-refractivity contribution is 1.18. The number of rotatable bonds is 6. The Bertz CT molecular complexity index is 2860. The topological polar surface area (TPSA) is 25.8 Å². The van der Waals surface area contributed by atoms with E-state index in [2.05, 4.69) is 170 Å². The number of thiophene rings is 1. The number of fused-ring (bicyclic) bond motifs is 4. The molecular weight excluding hydrogens is 661 g/mol. The molecule has 0 N–H and O–H groups in total. The molecule has 0 aliphatic heterocycles. The van der Waals surface area contributed by atoms with E-state index >= 15 is 0 Å². The second-order valence-corrected chi connectivity index (χ2v) is 14.5. The van der Waals surface area contributed by atoms with Crippen LogP contribution in [-0.4, -0.2) is 9.97 Å². The molecule has 0 unspecified atom stereocenters. The summed E-state index contributed by atoms with van der Waals surface area (Å²) in [7, 11) is 0. The molecule has 3 heteroatoms. The molecule has 0 aliphatic rings. The van der Waals surface area contributed by atoms with E-state index in [1.165, 1.54) is 53.2 Å². The van der Waals surface area contributed by atoms with Crippen molar-refractivity contribution in [2.24, 2.45) is 0 Å². The van der Waals surface area contributed by atoms with E-state index in [-0.39, 0.29) is 0 Å². The Kier molecular flexibility index (Phi) is 7.71. The highest BCUT2D eigenvalue weighted by Gasteiger charge is 2.15. The number of hydrogen-bond acceptors (Lipinski definition) is 3. The van der Waals surface area contributed by atoms with Crippen LogP contribution < -0.4 is 0 Å². The van der Waals surface area contributed by atoms with Crippen molar-refractivity contribution in [1.82, 2.24) is 9.97 Å². The average Bonchev–Trinajstić information content (AvgIpc) is 3.60. The van der Waals surface area contributed by atoms with Gasteiger partial charge in [0.15, 0.2) is 5.82 Å². The molecule has 2 aromatic heterocycles. The van der Waals surface area contributed by atoms with E-state index in [1.54, 1.807) is 0 Å². The molecule has 0 radical (unpaired) electrons. The van der Waals surface area contributed by atoms with Crippen LogP contribution in [0.1, 0.15) is 0 Å². The summed E-state index contributed by atoms with van der Waals surface area (Å²) < 4.78 is 2.59. The van der Waals surface area contributed by atoms with Crippen molar-refractivity contribution in [3.8, 4) is 67.3 Å². The maximum Gasteiger partial charge on any atom is 0.160 e. The molecule has 248 valence electrons. The Labute approximate surface area is 312 Å². The summed E-state index contributed by atoms with van der Waals surface area (Å²) in [6, 6.07) is 69.3. The van der Waals surface area contributed by atoms with Gasteiger partial charge in [0.25, 0.3) is 0 Å². The third kappa shape index (κ3) is 5.97. The van der Waals surface area contributed by atoms with Gasteiger partial charge < -0.3 is 0 Å². The summed E-state index contributed by atoms with van der Waals surface area (Å²) in [6.07, 6.45) is 0. The smallest absolute Gasteiger partial charge is 0.160 e. The summed E-state index contributed by atoms with van der Waals surface area (Å²) in [4.78, 5) is 10.3. The first-order valence-electron chi connectivity index (χ1n) is 17.9. The Morgan fingerprint density at radius 1 is 0.283 bits per heavy atom. The first-order chi connectivity index (χ1) is 26.2. The molecule has 0 amide bonds. The van der Waals surface area contributed by atoms with Crippen LogP contribution in [0, 0.1) is 0 Å². The minimum Gasteiger partial charge on any atom is -0.228 e. The van der Waals surface area contributed by atoms with Gasteiger partial charge in [-0.3, -0.25) is 0 Å². The first-order valence-corrected chi connectivity index (χ1v) is 18.7. The lowest BCUT2D eigenvalue weighted by atomic mass is 9.93. The van der Waals surface area contributed by atoms with Crippen molar-refractivity contribution in [2.45, 2.75) is 0 Å². The summed E-state index contributed by atoms with van der Waals surface area (Å²) in [5.74, 6) is 0.711. The third-order valence-electron chi connectivity index (χ3n) is 10.0. The van der Waals surface area contributed by atoms with Crippen LogP contribution in [0.2, 0.25) is 0 Å². The van der Waals surface area contributed by atoms with Gasteiger partial charge in [-0.15, -0.1) is 11.3 Å². The maximum absolute atomic E-state index is 5.20. The molecule has 0 aliphatic carbocycles. The molecule has 2 nitrogen and oxygen atoms in total. The molecular formula is C50H32N2S. The quantitative estimate of drug-likeness (QED) is 0.173. The van der Waals surface area contributed by atoms with Crippen LogP contribution in [-0.2, 0) is 0 Å². The van der Waals surface area contributed by atoms with E-state index in [4.69, 9.17) is 9.97 Å². The molecule has 10 rings (SSSR count). The normalized spacial score (nSPS) is 11.4. The molecule has 0 spiro atoms. The van der Waals surface area contributed by atoms with Gasteiger partial charge in [0, 0.05) is 36.9 Å². The maximum atomic E-state index is 5.20. The van der Waals surface area contributed by atoms with Crippen LogP contribution in [0.5, 0.6) is 0 Å². The molecule has 8 aromatic carbocycles. The monoisotopic (exact) mass is 692 g/mol. The van der Waals surface area contributed by atoms with Gasteiger partial charge in [0.05, 0.1) is 11.4 Å². The highest BCUT2D eigenvalue weighted by Crippen LogP contribution is 2.41. The Balaban J connectivity index is 1.15. The summed E-state index contributed by atoms with van der Waals surface area (Å²) in [6.45, 7) is 0. The number of benzene rings is 8. The fourth-order valence-electron chi connectivity index (χ4n) is 7.32. The third-order valence-corrected chi connectivity index (χ3v) is 11.2. The Morgan fingerprint density at radius 3 is 1.47 bits per heavy atom. The second kappa shape index (κ2) is 13.1. The Morgan fingerprint density at radius 2 is 0.792 bits per heavy atom. The van der Waals surface area contributed by atoms with Crippen molar-refractivity contribution in [1.29, 1.82) is 0 Å². The van der Waals surface area contributed by atoms with Crippen LogP contribution in [0.25, 0.3) is 98.2 Å². The zero-order valence-electron chi connectivity index (χ0n) is 28.8. The van der Waals surface area contributed by atoms with E-state index in [0.717, 1.165) is 39.2 Å². The van der Waals surface area contributed by atoms with Crippen molar-refractivity contribution in [3.63, 3.8) is 0 Å². The largest absolute Gasteiger partial charge is 0.228 e. The zero-order valence-corrected chi connectivity index (χ0v) is 29.6. The van der Waals surface area contributed by atoms with Gasteiger partial charge in [0.1, 0.15) is 0 Å². The first kappa shape index (κ1) is 31.1. The average molecular weight is 693 g/mol. The SMILES string of the molecule is c1ccc(-c2cc(-c3ccc4sc5cc6ccc(-c7ccccc7)cc6cc5c4c3)cc(-c3cc(-c4ccccc4)nc(-c4ccccc4)n3)c2)cc1. The van der Waals surface area contributed by atoms with Crippen molar-refractivity contribution < 1.29 is 0 Å². The van der Waals surface area contributed by atoms with Crippen molar-refractivity contribution >= 4 is 42.3 Å². The van der Waals surface area contributed by atoms with E-state index < -0.39 is 0 Å². The zero-order chi connectivity index (χ0) is 35.1. The lowest BCUT2D eigenvalue weighted by Crippen LogP contribution is -1.96. The number of nitrogens with zero attached hydrogens (tertiary/aromatic N) is 2. The van der Waals surface area contributed by atoms with Gasteiger partial charge in [-0.1, -0.05) is 140 Å². The summed E-state index contributed by atoms with van der Waals surface area (Å²) >= 11 is 1.86. The molecule has 53 heavy (non-hydrogen) atoms. The molecule has 10 aromatic rings. The minimum absolute atomic E-state index is 0.711. The van der Waals surface area contributed by atoms with Gasteiger partial charge in [-0.2, -0.15) is 0 Å². The summed E-state index contributed by atoms with van der Waals surface area (Å²) in [5, 5.41) is 5.09. The van der Waals surface area contributed by atoms with Crippen molar-refractivity contribution in [2.75, 3.05) is 0 Å². The van der Waals surface area contributed by atoms with Crippen LogP contribution in [0.4, 0.5) is 0 Å². The predicted octanol–water partition coefficient (Wildman–Crippen LogP) is 14.0. The lowest BCUT2D eigenvalue weighted by Gasteiger charge is -2.13. The van der Waals surface area contributed by atoms with Gasteiger partial charge in [-0.05, 0) is 98.8 Å². The fraction of sp³-hybridized carbons (Fsp3) is 0.